The standard InChI is InChI=1S/C26H31N5O4S2/c1-19-16-30(17-20(2)35-19)25-26(28-23-11-7-6-10-22(23)27-25)36-18-24(32)29-12-14-31(15-13-29)37(33,34)21-8-4-3-5-9-21/h3-11,19-20H,12-18H2,1-2H3/t19-,20-/m0/s1. The van der Waals surface area contributed by atoms with Gasteiger partial charge < -0.3 is 14.5 Å². The molecule has 0 N–H and O–H groups in total. The van der Waals surface area contributed by atoms with Gasteiger partial charge >= 0.3 is 0 Å². The number of ether oxygens (including phenoxy) is 1. The molecule has 2 aromatic carbocycles. The monoisotopic (exact) mass is 541 g/mol. The van der Waals surface area contributed by atoms with Crippen LogP contribution in [0.4, 0.5) is 5.82 Å². The van der Waals surface area contributed by atoms with Crippen LogP contribution in [0.15, 0.2) is 64.5 Å². The Morgan fingerprint density at radius 3 is 2.16 bits per heavy atom. The van der Waals surface area contributed by atoms with Crippen molar-refractivity contribution in [2.45, 2.75) is 36.0 Å². The number of carbonyl (C=O) groups is 1. The Bertz CT molecular complexity index is 1350. The average Bonchev–Trinajstić information content (AvgIpc) is 2.91. The van der Waals surface area contributed by atoms with E-state index in [0.717, 1.165) is 21.9 Å². The molecule has 0 unspecified atom stereocenters. The van der Waals surface area contributed by atoms with Crippen molar-refractivity contribution in [1.29, 1.82) is 0 Å². The number of amides is 1. The molecule has 2 aliphatic heterocycles. The van der Waals surface area contributed by atoms with Gasteiger partial charge in [0.1, 0.15) is 5.03 Å². The highest BCUT2D eigenvalue weighted by Gasteiger charge is 2.31. The molecule has 0 saturated carbocycles. The number of hydrogen-bond acceptors (Lipinski definition) is 8. The minimum absolute atomic E-state index is 0.0358. The number of carbonyl (C=O) groups excluding carboxylic acids is 1. The van der Waals surface area contributed by atoms with Gasteiger partial charge in [0.15, 0.2) is 5.82 Å². The van der Waals surface area contributed by atoms with Gasteiger partial charge in [-0.15, -0.1) is 0 Å². The van der Waals surface area contributed by atoms with Crippen LogP contribution in [0, 0.1) is 0 Å². The first kappa shape index (κ1) is 25.9. The lowest BCUT2D eigenvalue weighted by atomic mass is 10.2. The summed E-state index contributed by atoms with van der Waals surface area (Å²) in [6.07, 6.45) is 0.139. The highest BCUT2D eigenvalue weighted by Crippen LogP contribution is 2.31. The van der Waals surface area contributed by atoms with E-state index in [2.05, 4.69) is 4.90 Å². The normalized spacial score (nSPS) is 21.4. The Morgan fingerprint density at radius 1 is 0.919 bits per heavy atom. The van der Waals surface area contributed by atoms with Crippen molar-refractivity contribution in [3.63, 3.8) is 0 Å². The summed E-state index contributed by atoms with van der Waals surface area (Å²) in [5.74, 6) is 0.949. The number of morpholine rings is 1. The van der Waals surface area contributed by atoms with Gasteiger partial charge in [0, 0.05) is 39.3 Å². The van der Waals surface area contributed by atoms with E-state index in [0.29, 0.717) is 26.2 Å². The molecule has 1 aromatic heterocycles. The third kappa shape index (κ3) is 5.74. The van der Waals surface area contributed by atoms with Crippen molar-refractivity contribution < 1.29 is 17.9 Å². The van der Waals surface area contributed by atoms with E-state index >= 15 is 0 Å². The van der Waals surface area contributed by atoms with Crippen LogP contribution < -0.4 is 4.90 Å². The van der Waals surface area contributed by atoms with Gasteiger partial charge in [-0.2, -0.15) is 4.31 Å². The van der Waals surface area contributed by atoms with Crippen molar-refractivity contribution in [3.8, 4) is 0 Å². The summed E-state index contributed by atoms with van der Waals surface area (Å²) in [5, 5.41) is 0.721. The second-order valence-corrected chi connectivity index (χ2v) is 12.3. The number of piperazine rings is 1. The first-order valence-electron chi connectivity index (χ1n) is 12.4. The zero-order chi connectivity index (χ0) is 26.0. The van der Waals surface area contributed by atoms with Crippen molar-refractivity contribution in [3.05, 3.63) is 54.6 Å². The molecule has 1 amide bonds. The molecular weight excluding hydrogens is 510 g/mol. The van der Waals surface area contributed by atoms with Crippen LogP contribution in [0.25, 0.3) is 11.0 Å². The second kappa shape index (κ2) is 10.9. The number of nitrogens with zero attached hydrogens (tertiary/aromatic N) is 5. The third-order valence-corrected chi connectivity index (χ3v) is 9.40. The molecule has 5 rings (SSSR count). The summed E-state index contributed by atoms with van der Waals surface area (Å²) < 4.78 is 33.2. The first-order valence-corrected chi connectivity index (χ1v) is 14.9. The maximum atomic E-state index is 13.1. The Labute approximate surface area is 221 Å². The maximum Gasteiger partial charge on any atom is 0.243 e. The van der Waals surface area contributed by atoms with Gasteiger partial charge in [-0.25, -0.2) is 18.4 Å². The SMILES string of the molecule is C[C@H]1CN(c2nc3ccccc3nc2SCC(=O)N2CCN(S(=O)(=O)c3ccccc3)CC2)C[C@H](C)O1. The Hall–Kier alpha value is -2.73. The van der Waals surface area contributed by atoms with E-state index in [1.807, 2.05) is 38.1 Å². The van der Waals surface area contributed by atoms with Crippen molar-refractivity contribution >= 4 is 44.5 Å². The molecule has 3 heterocycles. The maximum absolute atomic E-state index is 13.1. The summed E-state index contributed by atoms with van der Waals surface area (Å²) in [7, 11) is -3.56. The van der Waals surface area contributed by atoms with E-state index in [1.54, 1.807) is 35.2 Å². The topological polar surface area (TPSA) is 95.9 Å². The Kier molecular flexibility index (Phi) is 7.66. The van der Waals surface area contributed by atoms with Crippen LogP contribution in [-0.2, 0) is 19.6 Å². The van der Waals surface area contributed by atoms with E-state index in [9.17, 15) is 13.2 Å². The summed E-state index contributed by atoms with van der Waals surface area (Å²) in [6.45, 7) is 6.78. The average molecular weight is 542 g/mol. The number of para-hydroxylation sites is 2. The fraction of sp³-hybridized carbons (Fsp3) is 0.423. The number of anilines is 1. The molecule has 0 radical (unpaired) electrons. The Balaban J connectivity index is 1.27. The van der Waals surface area contributed by atoms with Crippen LogP contribution in [-0.4, -0.2) is 90.7 Å². The molecule has 0 spiro atoms. The molecule has 0 aliphatic carbocycles. The fourth-order valence-electron chi connectivity index (χ4n) is 4.77. The van der Waals surface area contributed by atoms with Gasteiger partial charge in [0.25, 0.3) is 0 Å². The van der Waals surface area contributed by atoms with Crippen LogP contribution >= 0.6 is 11.8 Å². The van der Waals surface area contributed by atoms with Gasteiger partial charge in [-0.1, -0.05) is 42.1 Å². The zero-order valence-corrected chi connectivity index (χ0v) is 22.6. The van der Waals surface area contributed by atoms with Crippen LogP contribution in [0.5, 0.6) is 0 Å². The number of benzene rings is 2. The zero-order valence-electron chi connectivity index (χ0n) is 21.0. The molecular formula is C26H31N5O4S2. The summed E-state index contributed by atoms with van der Waals surface area (Å²) >= 11 is 1.38. The molecule has 9 nitrogen and oxygen atoms in total. The molecule has 11 heteroatoms. The highest BCUT2D eigenvalue weighted by molar-refractivity contribution is 8.00. The molecule has 2 saturated heterocycles. The molecule has 37 heavy (non-hydrogen) atoms. The second-order valence-electron chi connectivity index (χ2n) is 9.39. The molecule has 196 valence electrons. The quantitative estimate of drug-likeness (QED) is 0.440. The molecule has 2 atom stereocenters. The van der Waals surface area contributed by atoms with E-state index < -0.39 is 10.0 Å². The summed E-state index contributed by atoms with van der Waals surface area (Å²) in [4.78, 5) is 27.1. The van der Waals surface area contributed by atoms with E-state index in [-0.39, 0.29) is 41.9 Å². The van der Waals surface area contributed by atoms with Gasteiger partial charge in [0.2, 0.25) is 15.9 Å². The minimum atomic E-state index is -3.56. The third-order valence-electron chi connectivity index (χ3n) is 6.55. The lowest BCUT2D eigenvalue weighted by molar-refractivity contribution is -0.129. The molecule has 3 aromatic rings. The van der Waals surface area contributed by atoms with Gasteiger partial charge in [-0.3, -0.25) is 4.79 Å². The van der Waals surface area contributed by atoms with E-state index in [1.165, 1.54) is 16.1 Å². The minimum Gasteiger partial charge on any atom is -0.372 e. The van der Waals surface area contributed by atoms with Gasteiger partial charge in [0.05, 0.1) is 33.9 Å². The highest BCUT2D eigenvalue weighted by atomic mass is 32.2. The van der Waals surface area contributed by atoms with Crippen molar-refractivity contribution in [2.24, 2.45) is 0 Å². The number of sulfonamides is 1. The molecule has 2 aliphatic rings. The lowest BCUT2D eigenvalue weighted by Gasteiger charge is -2.36. The number of aromatic nitrogens is 2. The van der Waals surface area contributed by atoms with Crippen LogP contribution in [0.1, 0.15) is 13.8 Å². The van der Waals surface area contributed by atoms with Crippen molar-refractivity contribution in [2.75, 3.05) is 49.9 Å². The Morgan fingerprint density at radius 2 is 1.51 bits per heavy atom. The number of rotatable bonds is 6. The van der Waals surface area contributed by atoms with Gasteiger partial charge in [-0.05, 0) is 38.1 Å². The smallest absolute Gasteiger partial charge is 0.243 e. The van der Waals surface area contributed by atoms with Crippen LogP contribution in [0.2, 0.25) is 0 Å². The lowest BCUT2D eigenvalue weighted by Crippen LogP contribution is -2.51. The van der Waals surface area contributed by atoms with E-state index in [4.69, 9.17) is 14.7 Å². The molecule has 0 bridgehead atoms. The predicted octanol–water partition coefficient (Wildman–Crippen LogP) is 2.87. The number of hydrogen-bond donors (Lipinski definition) is 0. The fourth-order valence-corrected chi connectivity index (χ4v) is 7.12. The summed E-state index contributed by atoms with van der Waals surface area (Å²) in [5.41, 5.74) is 1.60. The largest absolute Gasteiger partial charge is 0.372 e. The van der Waals surface area contributed by atoms with Crippen LogP contribution in [0.3, 0.4) is 0 Å². The summed E-state index contributed by atoms with van der Waals surface area (Å²) in [6, 6.07) is 16.2. The number of fused-ring (bicyclic) bond motifs is 1. The number of thioether (sulfide) groups is 1. The molecule has 2 fully saturated rings. The first-order chi connectivity index (χ1) is 17.8. The predicted molar refractivity (Wildman–Crippen MR) is 144 cm³/mol. The van der Waals surface area contributed by atoms with Crippen molar-refractivity contribution in [1.82, 2.24) is 19.2 Å².